The number of fused-ring (bicyclic) bond motifs is 1. The van der Waals surface area contributed by atoms with E-state index in [4.69, 9.17) is 4.74 Å². The van der Waals surface area contributed by atoms with Crippen LogP contribution in [0.4, 0.5) is 5.13 Å². The molecule has 0 saturated carbocycles. The summed E-state index contributed by atoms with van der Waals surface area (Å²) in [6, 6.07) is 0.488. The topological polar surface area (TPSA) is 51.5 Å². The SMILES string of the molecule is Ic1cnc2sc(NC3CCOCC3)nn12. The van der Waals surface area contributed by atoms with E-state index in [9.17, 15) is 0 Å². The molecular formula is C9H11IN4OS. The smallest absolute Gasteiger partial charge is 0.214 e. The Labute approximate surface area is 110 Å². The number of imidazole rings is 1. The van der Waals surface area contributed by atoms with Gasteiger partial charge in [-0.15, -0.1) is 5.10 Å². The van der Waals surface area contributed by atoms with E-state index in [0.29, 0.717) is 6.04 Å². The monoisotopic (exact) mass is 350 g/mol. The van der Waals surface area contributed by atoms with Crippen molar-refractivity contribution in [3.63, 3.8) is 0 Å². The lowest BCUT2D eigenvalue weighted by Gasteiger charge is -2.22. The number of nitrogens with zero attached hydrogens (tertiary/aromatic N) is 3. The van der Waals surface area contributed by atoms with Gasteiger partial charge in [-0.1, -0.05) is 11.3 Å². The third-order valence-corrected chi connectivity index (χ3v) is 4.18. The Balaban J connectivity index is 1.78. The molecule has 3 rings (SSSR count). The number of ether oxygens (including phenoxy) is 1. The van der Waals surface area contributed by atoms with Gasteiger partial charge in [-0.05, 0) is 35.4 Å². The molecule has 16 heavy (non-hydrogen) atoms. The maximum Gasteiger partial charge on any atom is 0.214 e. The van der Waals surface area contributed by atoms with Gasteiger partial charge in [0.1, 0.15) is 3.70 Å². The molecule has 7 heteroatoms. The molecule has 1 saturated heterocycles. The molecule has 0 radical (unpaired) electrons. The number of hydrogen-bond donors (Lipinski definition) is 1. The Bertz CT molecular complexity index is 491. The van der Waals surface area contributed by atoms with Crippen molar-refractivity contribution in [2.45, 2.75) is 18.9 Å². The lowest BCUT2D eigenvalue weighted by Crippen LogP contribution is -2.27. The van der Waals surface area contributed by atoms with Crippen LogP contribution in [0.1, 0.15) is 12.8 Å². The van der Waals surface area contributed by atoms with Crippen molar-refractivity contribution in [2.24, 2.45) is 0 Å². The second kappa shape index (κ2) is 4.46. The summed E-state index contributed by atoms with van der Waals surface area (Å²) in [5, 5.41) is 8.88. The molecule has 0 spiro atoms. The number of halogens is 1. The van der Waals surface area contributed by atoms with E-state index in [1.165, 1.54) is 0 Å². The summed E-state index contributed by atoms with van der Waals surface area (Å²) in [5.41, 5.74) is 0. The minimum absolute atomic E-state index is 0.488. The van der Waals surface area contributed by atoms with E-state index in [1.54, 1.807) is 11.3 Å². The maximum absolute atomic E-state index is 5.32. The van der Waals surface area contributed by atoms with Crippen molar-refractivity contribution in [1.29, 1.82) is 0 Å². The zero-order valence-electron chi connectivity index (χ0n) is 8.52. The first-order valence-electron chi connectivity index (χ1n) is 5.17. The van der Waals surface area contributed by atoms with Gasteiger partial charge in [0.25, 0.3) is 0 Å². The predicted molar refractivity (Wildman–Crippen MR) is 71.0 cm³/mol. The molecule has 0 amide bonds. The van der Waals surface area contributed by atoms with Crippen molar-refractivity contribution in [1.82, 2.24) is 14.6 Å². The van der Waals surface area contributed by atoms with Crippen LogP contribution in [0.3, 0.4) is 0 Å². The van der Waals surface area contributed by atoms with Gasteiger partial charge in [0.2, 0.25) is 10.1 Å². The summed E-state index contributed by atoms with van der Waals surface area (Å²) in [6.45, 7) is 1.69. The van der Waals surface area contributed by atoms with Gasteiger partial charge in [-0.25, -0.2) is 4.98 Å². The Morgan fingerprint density at radius 2 is 2.31 bits per heavy atom. The van der Waals surface area contributed by atoms with Gasteiger partial charge in [-0.2, -0.15) is 4.52 Å². The largest absolute Gasteiger partial charge is 0.381 e. The van der Waals surface area contributed by atoms with E-state index in [0.717, 1.165) is 39.8 Å². The summed E-state index contributed by atoms with van der Waals surface area (Å²) in [6.07, 6.45) is 3.94. The van der Waals surface area contributed by atoms with E-state index in [2.05, 4.69) is 38.0 Å². The zero-order valence-corrected chi connectivity index (χ0v) is 11.5. The fourth-order valence-electron chi connectivity index (χ4n) is 1.74. The summed E-state index contributed by atoms with van der Waals surface area (Å²) in [7, 11) is 0. The van der Waals surface area contributed by atoms with E-state index in [1.807, 2.05) is 10.7 Å². The molecule has 5 nitrogen and oxygen atoms in total. The van der Waals surface area contributed by atoms with Crippen LogP contribution in [0.25, 0.3) is 4.96 Å². The zero-order chi connectivity index (χ0) is 11.0. The van der Waals surface area contributed by atoms with E-state index >= 15 is 0 Å². The highest BCUT2D eigenvalue weighted by Crippen LogP contribution is 2.22. The van der Waals surface area contributed by atoms with E-state index < -0.39 is 0 Å². The van der Waals surface area contributed by atoms with Crippen LogP contribution in [0.5, 0.6) is 0 Å². The first-order chi connectivity index (χ1) is 7.83. The first kappa shape index (κ1) is 10.7. The third kappa shape index (κ3) is 2.03. The number of anilines is 1. The quantitative estimate of drug-likeness (QED) is 0.842. The highest BCUT2D eigenvalue weighted by Gasteiger charge is 2.16. The average Bonchev–Trinajstić information content (AvgIpc) is 2.83. The highest BCUT2D eigenvalue weighted by atomic mass is 127. The molecule has 2 aromatic rings. The van der Waals surface area contributed by atoms with Crippen molar-refractivity contribution in [3.05, 3.63) is 9.90 Å². The average molecular weight is 350 g/mol. The van der Waals surface area contributed by atoms with Crippen LogP contribution in [-0.2, 0) is 4.74 Å². The van der Waals surface area contributed by atoms with Crippen molar-refractivity contribution < 1.29 is 4.74 Å². The van der Waals surface area contributed by atoms with Crippen molar-refractivity contribution >= 4 is 44.0 Å². The fraction of sp³-hybridized carbons (Fsp3) is 0.556. The standard InChI is InChI=1S/C9H11IN4OS/c10-7-5-11-9-14(7)13-8(16-9)12-6-1-3-15-4-2-6/h5-6H,1-4H2,(H,12,13). The summed E-state index contributed by atoms with van der Waals surface area (Å²) in [5.74, 6) is 0. The van der Waals surface area contributed by atoms with Crippen LogP contribution >= 0.6 is 33.9 Å². The van der Waals surface area contributed by atoms with Crippen molar-refractivity contribution in [3.8, 4) is 0 Å². The number of rotatable bonds is 2. The Kier molecular flexibility index (Phi) is 2.99. The molecule has 0 atom stereocenters. The lowest BCUT2D eigenvalue weighted by atomic mass is 10.1. The summed E-state index contributed by atoms with van der Waals surface area (Å²) < 4.78 is 8.24. The fourth-order valence-corrected chi connectivity index (χ4v) is 3.23. The molecule has 86 valence electrons. The van der Waals surface area contributed by atoms with Gasteiger partial charge < -0.3 is 10.1 Å². The normalized spacial score (nSPS) is 18.1. The first-order valence-corrected chi connectivity index (χ1v) is 7.07. The van der Waals surface area contributed by atoms with Crippen LogP contribution in [0, 0.1) is 3.70 Å². The molecule has 1 aliphatic heterocycles. The number of hydrogen-bond acceptors (Lipinski definition) is 5. The molecule has 1 aliphatic rings. The molecule has 1 fully saturated rings. The molecular weight excluding hydrogens is 339 g/mol. The Morgan fingerprint density at radius 1 is 1.50 bits per heavy atom. The second-order valence-corrected chi connectivity index (χ2v) is 5.77. The summed E-state index contributed by atoms with van der Waals surface area (Å²) in [4.78, 5) is 5.22. The van der Waals surface area contributed by atoms with Crippen LogP contribution in [0.2, 0.25) is 0 Å². The maximum atomic E-state index is 5.32. The minimum atomic E-state index is 0.488. The molecule has 1 N–H and O–H groups in total. The Hall–Kier alpha value is -0.410. The molecule has 0 aliphatic carbocycles. The van der Waals surface area contributed by atoms with Crippen LogP contribution < -0.4 is 5.32 Å². The van der Waals surface area contributed by atoms with Crippen LogP contribution in [-0.4, -0.2) is 33.9 Å². The second-order valence-electron chi connectivity index (χ2n) is 3.71. The van der Waals surface area contributed by atoms with Gasteiger partial charge in [0, 0.05) is 19.3 Å². The number of nitrogens with one attached hydrogen (secondary N) is 1. The van der Waals surface area contributed by atoms with Gasteiger partial charge in [0.15, 0.2) is 0 Å². The Morgan fingerprint density at radius 3 is 3.06 bits per heavy atom. The third-order valence-electron chi connectivity index (χ3n) is 2.59. The van der Waals surface area contributed by atoms with Gasteiger partial charge >= 0.3 is 0 Å². The molecule has 3 heterocycles. The highest BCUT2D eigenvalue weighted by molar-refractivity contribution is 14.1. The van der Waals surface area contributed by atoms with Gasteiger partial charge in [0.05, 0.1) is 6.20 Å². The van der Waals surface area contributed by atoms with Gasteiger partial charge in [-0.3, -0.25) is 0 Å². The molecule has 0 bridgehead atoms. The van der Waals surface area contributed by atoms with E-state index in [-0.39, 0.29) is 0 Å². The van der Waals surface area contributed by atoms with Crippen LogP contribution in [0.15, 0.2) is 6.20 Å². The molecule has 0 unspecified atom stereocenters. The predicted octanol–water partition coefficient (Wildman–Crippen LogP) is 1.99. The van der Waals surface area contributed by atoms with Crippen molar-refractivity contribution in [2.75, 3.05) is 18.5 Å². The number of aromatic nitrogens is 3. The minimum Gasteiger partial charge on any atom is -0.381 e. The molecule has 0 aromatic carbocycles. The summed E-state index contributed by atoms with van der Waals surface area (Å²) >= 11 is 3.83. The lowest BCUT2D eigenvalue weighted by molar-refractivity contribution is 0.0904. The molecule has 2 aromatic heterocycles.